The SMILES string of the molecule is CCN(CC(=O)N1CCc2sccc2[C@H]1COc1ccc(C)cc1C)C(=O)c1ccccc1. The molecule has 2 aromatic carbocycles. The fraction of sp³-hybridized carbons (Fsp3) is 0.333. The van der Waals surface area contributed by atoms with Crippen molar-refractivity contribution < 1.29 is 14.3 Å². The monoisotopic (exact) mass is 462 g/mol. The lowest BCUT2D eigenvalue weighted by atomic mass is 10.00. The van der Waals surface area contributed by atoms with E-state index < -0.39 is 0 Å². The van der Waals surface area contributed by atoms with Gasteiger partial charge >= 0.3 is 0 Å². The number of rotatable bonds is 7. The van der Waals surface area contributed by atoms with Gasteiger partial charge in [0.2, 0.25) is 5.91 Å². The van der Waals surface area contributed by atoms with E-state index in [9.17, 15) is 9.59 Å². The van der Waals surface area contributed by atoms with Gasteiger partial charge in [0.25, 0.3) is 5.91 Å². The summed E-state index contributed by atoms with van der Waals surface area (Å²) in [6.45, 7) is 7.55. The number of hydrogen-bond acceptors (Lipinski definition) is 4. The van der Waals surface area contributed by atoms with E-state index in [2.05, 4.69) is 24.4 Å². The number of aryl methyl sites for hydroxylation is 2. The number of thiophene rings is 1. The quantitative estimate of drug-likeness (QED) is 0.495. The average molecular weight is 463 g/mol. The van der Waals surface area contributed by atoms with Gasteiger partial charge in [-0.1, -0.05) is 35.9 Å². The smallest absolute Gasteiger partial charge is 0.254 e. The van der Waals surface area contributed by atoms with Gasteiger partial charge < -0.3 is 14.5 Å². The van der Waals surface area contributed by atoms with Crippen molar-refractivity contribution in [1.29, 1.82) is 0 Å². The molecule has 1 aliphatic heterocycles. The third-order valence-corrected chi connectivity index (χ3v) is 7.15. The molecule has 0 fully saturated rings. The fourth-order valence-corrected chi connectivity index (χ4v) is 5.28. The molecular formula is C27H30N2O3S. The molecule has 2 heterocycles. The first-order valence-corrected chi connectivity index (χ1v) is 12.3. The van der Waals surface area contributed by atoms with Crippen molar-refractivity contribution in [2.75, 3.05) is 26.2 Å². The maximum absolute atomic E-state index is 13.4. The molecule has 0 aliphatic carbocycles. The molecule has 0 radical (unpaired) electrons. The zero-order valence-corrected chi connectivity index (χ0v) is 20.2. The average Bonchev–Trinajstić information content (AvgIpc) is 3.31. The van der Waals surface area contributed by atoms with Crippen LogP contribution in [0.3, 0.4) is 0 Å². The normalized spacial score (nSPS) is 15.1. The van der Waals surface area contributed by atoms with Gasteiger partial charge in [-0.2, -0.15) is 0 Å². The number of ether oxygens (including phenoxy) is 1. The Balaban J connectivity index is 1.51. The van der Waals surface area contributed by atoms with Gasteiger partial charge in [-0.15, -0.1) is 11.3 Å². The lowest BCUT2D eigenvalue weighted by molar-refractivity contribution is -0.135. The van der Waals surface area contributed by atoms with Crippen LogP contribution in [0.15, 0.2) is 60.0 Å². The molecule has 3 aromatic rings. The number of carbonyl (C=O) groups is 2. The molecule has 0 N–H and O–H groups in total. The third-order valence-electron chi connectivity index (χ3n) is 6.16. The summed E-state index contributed by atoms with van der Waals surface area (Å²) >= 11 is 1.73. The van der Waals surface area contributed by atoms with Gasteiger partial charge in [0.15, 0.2) is 0 Å². The Morgan fingerprint density at radius 1 is 1.12 bits per heavy atom. The van der Waals surface area contributed by atoms with E-state index in [1.165, 1.54) is 10.4 Å². The second-order valence-corrected chi connectivity index (χ2v) is 9.42. The summed E-state index contributed by atoms with van der Waals surface area (Å²) in [5.41, 5.74) is 4.03. The highest BCUT2D eigenvalue weighted by Crippen LogP contribution is 2.34. The molecule has 1 aromatic heterocycles. The fourth-order valence-electron chi connectivity index (χ4n) is 4.35. The van der Waals surface area contributed by atoms with Crippen LogP contribution in [-0.2, 0) is 11.2 Å². The van der Waals surface area contributed by atoms with Crippen molar-refractivity contribution in [3.8, 4) is 5.75 Å². The number of fused-ring (bicyclic) bond motifs is 1. The molecular weight excluding hydrogens is 432 g/mol. The van der Waals surface area contributed by atoms with E-state index in [1.807, 2.05) is 49.1 Å². The minimum absolute atomic E-state index is 0.0489. The molecule has 0 bridgehead atoms. The molecule has 33 heavy (non-hydrogen) atoms. The topological polar surface area (TPSA) is 49.9 Å². The van der Waals surface area contributed by atoms with Crippen LogP contribution < -0.4 is 4.74 Å². The zero-order chi connectivity index (χ0) is 23.4. The molecule has 0 saturated heterocycles. The molecule has 6 heteroatoms. The predicted octanol–water partition coefficient (Wildman–Crippen LogP) is 5.03. The highest BCUT2D eigenvalue weighted by atomic mass is 32.1. The summed E-state index contributed by atoms with van der Waals surface area (Å²) in [5, 5.41) is 2.08. The molecule has 1 atom stereocenters. The minimum atomic E-state index is -0.168. The van der Waals surface area contributed by atoms with Crippen molar-refractivity contribution in [2.45, 2.75) is 33.2 Å². The van der Waals surface area contributed by atoms with E-state index in [1.54, 1.807) is 28.4 Å². The molecule has 172 valence electrons. The van der Waals surface area contributed by atoms with E-state index in [4.69, 9.17) is 4.74 Å². The van der Waals surface area contributed by atoms with Crippen molar-refractivity contribution in [3.63, 3.8) is 0 Å². The van der Waals surface area contributed by atoms with Gasteiger partial charge in [0, 0.05) is 23.5 Å². The van der Waals surface area contributed by atoms with Crippen LogP contribution in [0.2, 0.25) is 0 Å². The Bertz CT molecular complexity index is 1130. The van der Waals surface area contributed by atoms with Gasteiger partial charge in [-0.25, -0.2) is 0 Å². The van der Waals surface area contributed by atoms with Crippen molar-refractivity contribution in [1.82, 2.24) is 9.80 Å². The van der Waals surface area contributed by atoms with Gasteiger partial charge in [0.1, 0.15) is 18.9 Å². The van der Waals surface area contributed by atoms with E-state index in [0.717, 1.165) is 23.3 Å². The van der Waals surface area contributed by atoms with Crippen LogP contribution in [0, 0.1) is 13.8 Å². The van der Waals surface area contributed by atoms with E-state index >= 15 is 0 Å². The van der Waals surface area contributed by atoms with Crippen molar-refractivity contribution >= 4 is 23.2 Å². The summed E-state index contributed by atoms with van der Waals surface area (Å²) < 4.78 is 6.22. The number of amides is 2. The molecule has 2 amide bonds. The Kier molecular flexibility index (Phi) is 7.14. The summed E-state index contributed by atoms with van der Waals surface area (Å²) in [6, 6.07) is 17.2. The highest BCUT2D eigenvalue weighted by Gasteiger charge is 2.33. The number of likely N-dealkylation sites (N-methyl/N-ethyl adjacent to an activating group) is 1. The Hall–Kier alpha value is -3.12. The zero-order valence-electron chi connectivity index (χ0n) is 19.4. The first-order valence-electron chi connectivity index (χ1n) is 11.4. The second-order valence-electron chi connectivity index (χ2n) is 8.42. The number of benzene rings is 2. The van der Waals surface area contributed by atoms with Crippen molar-refractivity contribution in [2.24, 2.45) is 0 Å². The predicted molar refractivity (Wildman–Crippen MR) is 132 cm³/mol. The van der Waals surface area contributed by atoms with Crippen molar-refractivity contribution in [3.05, 3.63) is 87.1 Å². The molecule has 1 aliphatic rings. The minimum Gasteiger partial charge on any atom is -0.491 e. The van der Waals surface area contributed by atoms with Gasteiger partial charge in [-0.05, 0) is 68.0 Å². The highest BCUT2D eigenvalue weighted by molar-refractivity contribution is 7.10. The summed E-state index contributed by atoms with van der Waals surface area (Å²) in [5.74, 6) is 0.666. The maximum atomic E-state index is 13.4. The lowest BCUT2D eigenvalue weighted by Gasteiger charge is -2.37. The maximum Gasteiger partial charge on any atom is 0.254 e. The summed E-state index contributed by atoms with van der Waals surface area (Å²) in [4.78, 5) is 31.2. The Morgan fingerprint density at radius 2 is 1.91 bits per heavy atom. The molecule has 0 unspecified atom stereocenters. The van der Waals surface area contributed by atoms with E-state index in [-0.39, 0.29) is 24.4 Å². The van der Waals surface area contributed by atoms with Crippen LogP contribution in [0.5, 0.6) is 5.75 Å². The summed E-state index contributed by atoms with van der Waals surface area (Å²) in [6.07, 6.45) is 0.831. The number of nitrogens with zero attached hydrogens (tertiary/aromatic N) is 2. The molecule has 4 rings (SSSR count). The lowest BCUT2D eigenvalue weighted by Crippen LogP contribution is -2.47. The largest absolute Gasteiger partial charge is 0.491 e. The van der Waals surface area contributed by atoms with Gasteiger partial charge in [-0.3, -0.25) is 9.59 Å². The van der Waals surface area contributed by atoms with Crippen LogP contribution in [0.1, 0.15) is 44.9 Å². The standard InChI is InChI=1S/C27H30N2O3S/c1-4-28(27(31)21-8-6-5-7-9-21)17-26(30)29-14-12-25-22(13-15-33-25)23(29)18-32-24-11-10-19(2)16-20(24)3/h5-11,13,15-16,23H,4,12,14,17-18H2,1-3H3/t23-/m1/s1. The van der Waals surface area contributed by atoms with Crippen LogP contribution >= 0.6 is 11.3 Å². The van der Waals surface area contributed by atoms with Gasteiger partial charge in [0.05, 0.1) is 6.04 Å². The second kappa shape index (κ2) is 10.2. The first kappa shape index (κ1) is 23.1. The van der Waals surface area contributed by atoms with Crippen LogP contribution in [0.25, 0.3) is 0 Å². The number of carbonyl (C=O) groups excluding carboxylic acids is 2. The number of hydrogen-bond donors (Lipinski definition) is 0. The van der Waals surface area contributed by atoms with Crippen LogP contribution in [0.4, 0.5) is 0 Å². The summed E-state index contributed by atoms with van der Waals surface area (Å²) in [7, 11) is 0. The Morgan fingerprint density at radius 3 is 2.64 bits per heavy atom. The van der Waals surface area contributed by atoms with Crippen LogP contribution in [-0.4, -0.2) is 47.9 Å². The first-order chi connectivity index (χ1) is 16.0. The third kappa shape index (κ3) is 5.11. The molecule has 0 spiro atoms. The molecule has 5 nitrogen and oxygen atoms in total. The van der Waals surface area contributed by atoms with E-state index in [0.29, 0.717) is 25.3 Å². The Labute approximate surface area is 199 Å². The molecule has 0 saturated carbocycles.